The van der Waals surface area contributed by atoms with Crippen LogP contribution in [0.2, 0.25) is 0 Å². The lowest BCUT2D eigenvalue weighted by molar-refractivity contribution is -0.274. The van der Waals surface area contributed by atoms with Gasteiger partial charge >= 0.3 is 12.5 Å². The van der Waals surface area contributed by atoms with E-state index in [2.05, 4.69) is 15.0 Å². The summed E-state index contributed by atoms with van der Waals surface area (Å²) in [5, 5.41) is 2.29. The highest BCUT2D eigenvalue weighted by molar-refractivity contribution is 6.07. The number of rotatable bonds is 8. The van der Waals surface area contributed by atoms with E-state index >= 15 is 4.39 Å². The van der Waals surface area contributed by atoms with E-state index in [1.165, 1.54) is 6.07 Å². The minimum atomic E-state index is -5.18. The summed E-state index contributed by atoms with van der Waals surface area (Å²) in [4.78, 5) is 28.5. The molecule has 0 saturated heterocycles. The lowest BCUT2D eigenvalue weighted by atomic mass is 10.0. The molecule has 3 aromatic carbocycles. The Bertz CT molecular complexity index is 1780. The van der Waals surface area contributed by atoms with Crippen molar-refractivity contribution in [1.29, 1.82) is 0 Å². The molecular formula is C28H18F7N3O5. The Labute approximate surface area is 242 Å². The second-order valence-electron chi connectivity index (χ2n) is 8.51. The maximum Gasteiger partial charge on any atom is 0.573 e. The Morgan fingerprint density at radius 1 is 0.884 bits per heavy atom. The number of aromatic nitrogens is 1. The molecule has 15 heteroatoms. The molecule has 1 heterocycles. The summed E-state index contributed by atoms with van der Waals surface area (Å²) in [5.74, 6) is -6.49. The van der Waals surface area contributed by atoms with Gasteiger partial charge in [-0.3, -0.25) is 14.6 Å². The summed E-state index contributed by atoms with van der Waals surface area (Å²) >= 11 is 0. The largest absolute Gasteiger partial charge is 0.573 e. The van der Waals surface area contributed by atoms with Gasteiger partial charge in [-0.1, -0.05) is 12.1 Å². The van der Waals surface area contributed by atoms with E-state index in [9.17, 15) is 35.9 Å². The number of nitrogens with zero attached hydrogens (tertiary/aromatic N) is 1. The zero-order valence-corrected chi connectivity index (χ0v) is 21.1. The molecule has 43 heavy (non-hydrogen) atoms. The van der Waals surface area contributed by atoms with Crippen molar-refractivity contribution in [3.05, 3.63) is 95.6 Å². The van der Waals surface area contributed by atoms with Crippen LogP contribution in [0.5, 0.6) is 23.0 Å². The molecule has 0 aliphatic rings. The second kappa shape index (κ2) is 11.9. The van der Waals surface area contributed by atoms with Crippen molar-refractivity contribution >= 4 is 17.5 Å². The maximum absolute atomic E-state index is 15.7. The summed E-state index contributed by atoms with van der Waals surface area (Å²) in [5.41, 5.74) is 2.90. The van der Waals surface area contributed by atoms with Crippen LogP contribution in [0.1, 0.15) is 30.5 Å². The Morgan fingerprint density at radius 2 is 1.60 bits per heavy atom. The average molecular weight is 612 g/mol. The van der Waals surface area contributed by atoms with Crippen molar-refractivity contribution in [2.75, 3.05) is 12.4 Å². The van der Waals surface area contributed by atoms with Crippen molar-refractivity contribution < 1.29 is 58.6 Å². The first-order valence-electron chi connectivity index (χ1n) is 13.1. The predicted octanol–water partition coefficient (Wildman–Crippen LogP) is 6.96. The highest BCUT2D eigenvalue weighted by Crippen LogP contribution is 2.40. The third-order valence-corrected chi connectivity index (χ3v) is 5.58. The third-order valence-electron chi connectivity index (χ3n) is 5.58. The summed E-state index contributed by atoms with van der Waals surface area (Å²) < 4.78 is 130. The van der Waals surface area contributed by atoms with Gasteiger partial charge in [-0.05, 0) is 59.7 Å². The molecule has 1 aromatic heterocycles. The number of pyridine rings is 1. The minimum absolute atomic E-state index is 0.0248. The van der Waals surface area contributed by atoms with Crippen LogP contribution in [0, 0.1) is 5.82 Å². The van der Waals surface area contributed by atoms with Gasteiger partial charge in [0.1, 0.15) is 28.6 Å². The predicted molar refractivity (Wildman–Crippen MR) is 137 cm³/mol. The molecule has 2 amide bonds. The maximum atomic E-state index is 15.7. The number of hydrogen-bond donors (Lipinski definition) is 2. The van der Waals surface area contributed by atoms with Gasteiger partial charge in [0, 0.05) is 18.0 Å². The molecular weight excluding hydrogens is 591 g/mol. The number of hydrogen-bond acceptors (Lipinski definition) is 6. The van der Waals surface area contributed by atoms with E-state index in [-0.39, 0.29) is 22.5 Å². The fraction of sp³-hybridized carbons (Fsp3) is 0.107. The van der Waals surface area contributed by atoms with Gasteiger partial charge in [0.15, 0.2) is 11.5 Å². The average Bonchev–Trinajstić information content (AvgIpc) is 2.92. The van der Waals surface area contributed by atoms with Gasteiger partial charge in [-0.25, -0.2) is 4.39 Å². The van der Waals surface area contributed by atoms with E-state index in [0.29, 0.717) is 12.1 Å². The molecule has 0 aliphatic heterocycles. The SMILES string of the molecule is [2H]C([2H])([2H])Oc1cc(OC(F)(F)F)ccc1Oc1cc(-c2ccc(C(F)(F)F)cc2)cc(F)c1C(=O)Nc1ccnc(C(N)=O)c1. The number of amides is 2. The standard InChI is InChI=1S/C28H18F7N3O5/c1-41-22-13-18(43-28(33,34)35)6-7-21(22)42-23-11-15(14-2-4-16(5-3-14)27(30,31)32)10-19(29)24(23)26(40)38-17-8-9-37-20(12-17)25(36)39/h2-13H,1H3,(H2,36,39)(H,37,38,40)/i1D3. The molecule has 0 aliphatic carbocycles. The Kier molecular flexibility index (Phi) is 7.33. The molecule has 4 rings (SSSR count). The lowest BCUT2D eigenvalue weighted by Gasteiger charge is -2.17. The molecule has 0 spiro atoms. The van der Waals surface area contributed by atoms with Crippen LogP contribution >= 0.6 is 0 Å². The number of anilines is 1. The molecule has 0 fully saturated rings. The number of primary amides is 1. The van der Waals surface area contributed by atoms with Gasteiger partial charge < -0.3 is 25.3 Å². The van der Waals surface area contributed by atoms with Gasteiger partial charge in [-0.15, -0.1) is 13.2 Å². The zero-order chi connectivity index (χ0) is 34.0. The molecule has 3 N–H and O–H groups in total. The number of benzene rings is 3. The summed E-state index contributed by atoms with van der Waals surface area (Å²) in [6.45, 7) is 0. The quantitative estimate of drug-likeness (QED) is 0.208. The number of nitrogens with two attached hydrogens (primary N) is 1. The highest BCUT2D eigenvalue weighted by Gasteiger charge is 2.32. The van der Waals surface area contributed by atoms with E-state index in [1.807, 2.05) is 0 Å². The smallest absolute Gasteiger partial charge is 0.493 e. The molecule has 0 radical (unpaired) electrons. The van der Waals surface area contributed by atoms with E-state index in [4.69, 9.17) is 19.3 Å². The van der Waals surface area contributed by atoms with Crippen LogP contribution in [0.3, 0.4) is 0 Å². The second-order valence-corrected chi connectivity index (χ2v) is 8.51. The van der Waals surface area contributed by atoms with Crippen molar-refractivity contribution in [3.8, 4) is 34.1 Å². The van der Waals surface area contributed by atoms with Crippen LogP contribution in [0.4, 0.5) is 36.4 Å². The summed E-state index contributed by atoms with van der Waals surface area (Å²) in [6, 6.07) is 9.58. The number of halogens is 7. The van der Waals surface area contributed by atoms with Crippen molar-refractivity contribution in [2.24, 2.45) is 5.73 Å². The van der Waals surface area contributed by atoms with Crippen LogP contribution in [0.15, 0.2) is 72.9 Å². The Hall–Kier alpha value is -5.34. The van der Waals surface area contributed by atoms with Crippen LogP contribution in [-0.2, 0) is 6.18 Å². The Morgan fingerprint density at radius 3 is 2.23 bits per heavy atom. The third kappa shape index (κ3) is 7.49. The molecule has 224 valence electrons. The molecule has 4 aromatic rings. The number of ether oxygens (including phenoxy) is 3. The number of carbonyl (C=O) groups is 2. The summed E-state index contributed by atoms with van der Waals surface area (Å²) in [6.07, 6.45) is -8.74. The Balaban J connectivity index is 1.84. The summed E-state index contributed by atoms with van der Waals surface area (Å²) in [7, 11) is -3.23. The molecule has 0 saturated carbocycles. The van der Waals surface area contributed by atoms with E-state index < -0.39 is 71.3 Å². The topological polar surface area (TPSA) is 113 Å². The van der Waals surface area contributed by atoms with Gasteiger partial charge in [0.25, 0.3) is 11.8 Å². The molecule has 8 nitrogen and oxygen atoms in total. The zero-order valence-electron chi connectivity index (χ0n) is 24.1. The first-order valence-corrected chi connectivity index (χ1v) is 11.6. The number of alkyl halides is 6. The number of carbonyl (C=O) groups excluding carboxylic acids is 2. The van der Waals surface area contributed by atoms with Gasteiger partial charge in [0.05, 0.1) is 16.7 Å². The molecule has 0 atom stereocenters. The number of nitrogens with one attached hydrogen (secondary N) is 1. The fourth-order valence-electron chi connectivity index (χ4n) is 3.71. The van der Waals surface area contributed by atoms with Gasteiger partial charge in [-0.2, -0.15) is 13.2 Å². The first kappa shape index (κ1) is 26.6. The fourth-order valence-corrected chi connectivity index (χ4v) is 3.71. The van der Waals surface area contributed by atoms with Crippen molar-refractivity contribution in [3.63, 3.8) is 0 Å². The normalized spacial score (nSPS) is 12.9. The van der Waals surface area contributed by atoms with E-state index in [0.717, 1.165) is 54.7 Å². The van der Waals surface area contributed by atoms with Crippen LogP contribution in [-0.4, -0.2) is 30.2 Å². The molecule has 0 bridgehead atoms. The van der Waals surface area contributed by atoms with Gasteiger partial charge in [0.2, 0.25) is 0 Å². The van der Waals surface area contributed by atoms with Crippen LogP contribution in [0.25, 0.3) is 11.1 Å². The lowest BCUT2D eigenvalue weighted by Crippen LogP contribution is -2.17. The van der Waals surface area contributed by atoms with Crippen molar-refractivity contribution in [2.45, 2.75) is 12.5 Å². The van der Waals surface area contributed by atoms with E-state index in [1.54, 1.807) is 0 Å². The highest BCUT2D eigenvalue weighted by atomic mass is 19.4. The minimum Gasteiger partial charge on any atom is -0.493 e. The van der Waals surface area contributed by atoms with Crippen molar-refractivity contribution in [1.82, 2.24) is 4.98 Å². The monoisotopic (exact) mass is 612 g/mol. The first-order chi connectivity index (χ1) is 21.3. The number of methoxy groups -OCH3 is 1. The van der Waals surface area contributed by atoms with Crippen LogP contribution < -0.4 is 25.3 Å². The molecule has 0 unspecified atom stereocenters.